The second-order valence-corrected chi connectivity index (χ2v) is 7.81. The topological polar surface area (TPSA) is 76.7 Å². The fraction of sp³-hybridized carbons (Fsp3) is 0.417. The van der Waals surface area contributed by atoms with Gasteiger partial charge in [0.05, 0.1) is 0 Å². The average molecular weight is 411 g/mol. The maximum atomic E-state index is 12.3. The number of hydrogen-bond donors (Lipinski definition) is 2. The van der Waals surface area contributed by atoms with E-state index >= 15 is 0 Å². The molecule has 6 heteroatoms. The monoisotopic (exact) mass is 410 g/mol. The summed E-state index contributed by atoms with van der Waals surface area (Å²) in [7, 11) is 0. The molecule has 1 fully saturated rings. The van der Waals surface area contributed by atoms with Crippen molar-refractivity contribution < 1.29 is 19.1 Å². The lowest BCUT2D eigenvalue weighted by Gasteiger charge is -2.30. The fourth-order valence-corrected chi connectivity index (χ4v) is 3.58. The van der Waals surface area contributed by atoms with Crippen LogP contribution in [0, 0.1) is 5.92 Å². The quantitative estimate of drug-likeness (QED) is 0.630. The first kappa shape index (κ1) is 21.7. The van der Waals surface area contributed by atoms with Gasteiger partial charge in [-0.2, -0.15) is 0 Å². The third-order valence-corrected chi connectivity index (χ3v) is 5.39. The minimum atomic E-state index is -0.840. The summed E-state index contributed by atoms with van der Waals surface area (Å²) < 4.78 is 10.7. The maximum Gasteiger partial charge on any atom is 0.344 e. The standard InChI is InChI=1S/C24H30N2O4/c1-17-8-6-7-11-22(17)26-24(28)18(2)30-23(27)16-29-21-14-12-20(13-15-21)25-19-9-4-3-5-10-19/h3-5,9-10,12-15,17-18,22,25H,6-8,11,16H2,1-2H3,(H,26,28). The van der Waals surface area contributed by atoms with Crippen molar-refractivity contribution in [3.8, 4) is 5.75 Å². The minimum Gasteiger partial charge on any atom is -0.482 e. The van der Waals surface area contributed by atoms with Crippen LogP contribution < -0.4 is 15.4 Å². The average Bonchev–Trinajstić information content (AvgIpc) is 2.75. The van der Waals surface area contributed by atoms with Crippen molar-refractivity contribution in [2.75, 3.05) is 11.9 Å². The lowest BCUT2D eigenvalue weighted by atomic mass is 9.86. The highest BCUT2D eigenvalue weighted by Crippen LogP contribution is 2.24. The van der Waals surface area contributed by atoms with Crippen LogP contribution in [-0.2, 0) is 14.3 Å². The molecule has 1 aliphatic rings. The molecule has 6 nitrogen and oxygen atoms in total. The Morgan fingerprint density at radius 3 is 2.37 bits per heavy atom. The van der Waals surface area contributed by atoms with E-state index in [1.165, 1.54) is 6.42 Å². The van der Waals surface area contributed by atoms with Gasteiger partial charge in [-0.3, -0.25) is 4.79 Å². The molecule has 3 atom stereocenters. The summed E-state index contributed by atoms with van der Waals surface area (Å²) in [4.78, 5) is 24.4. The molecule has 160 valence electrons. The van der Waals surface area contributed by atoms with Crippen LogP contribution in [0.15, 0.2) is 54.6 Å². The number of hydrogen-bond acceptors (Lipinski definition) is 5. The summed E-state index contributed by atoms with van der Waals surface area (Å²) in [5, 5.41) is 6.29. The van der Waals surface area contributed by atoms with Crippen LogP contribution in [-0.4, -0.2) is 30.6 Å². The van der Waals surface area contributed by atoms with Crippen LogP contribution in [0.5, 0.6) is 5.75 Å². The molecule has 0 aliphatic heterocycles. The summed E-state index contributed by atoms with van der Waals surface area (Å²) in [6.07, 6.45) is 3.58. The van der Waals surface area contributed by atoms with Crippen molar-refractivity contribution in [1.82, 2.24) is 5.32 Å². The number of ether oxygens (including phenoxy) is 2. The van der Waals surface area contributed by atoms with Gasteiger partial charge in [0.15, 0.2) is 12.7 Å². The zero-order valence-electron chi connectivity index (χ0n) is 17.6. The Morgan fingerprint density at radius 1 is 1.00 bits per heavy atom. The van der Waals surface area contributed by atoms with Gasteiger partial charge in [0.25, 0.3) is 5.91 Å². The molecule has 3 rings (SSSR count). The Hall–Kier alpha value is -3.02. The molecular formula is C24H30N2O4. The Balaban J connectivity index is 1.40. The van der Waals surface area contributed by atoms with Crippen LogP contribution >= 0.6 is 0 Å². The number of carbonyl (C=O) groups is 2. The van der Waals surface area contributed by atoms with Crippen LogP contribution in [0.25, 0.3) is 0 Å². The molecule has 0 bridgehead atoms. The lowest BCUT2D eigenvalue weighted by molar-refractivity contribution is -0.157. The number of amides is 1. The Labute approximate surface area is 178 Å². The van der Waals surface area contributed by atoms with E-state index in [4.69, 9.17) is 9.47 Å². The minimum absolute atomic E-state index is 0.159. The van der Waals surface area contributed by atoms with E-state index < -0.39 is 12.1 Å². The normalized spacial score (nSPS) is 19.4. The van der Waals surface area contributed by atoms with Crippen LogP contribution in [0.3, 0.4) is 0 Å². The number of anilines is 2. The molecule has 0 aromatic heterocycles. The smallest absolute Gasteiger partial charge is 0.344 e. The third kappa shape index (κ3) is 6.51. The van der Waals surface area contributed by atoms with E-state index in [2.05, 4.69) is 17.6 Å². The molecule has 3 unspecified atom stereocenters. The molecular weight excluding hydrogens is 380 g/mol. The largest absolute Gasteiger partial charge is 0.482 e. The van der Waals surface area contributed by atoms with Gasteiger partial charge < -0.3 is 20.1 Å². The highest BCUT2D eigenvalue weighted by Gasteiger charge is 2.26. The summed E-state index contributed by atoms with van der Waals surface area (Å²) in [5.41, 5.74) is 1.91. The number of carbonyl (C=O) groups excluding carboxylic acids is 2. The molecule has 1 aliphatic carbocycles. The van der Waals surface area contributed by atoms with E-state index in [-0.39, 0.29) is 18.6 Å². The molecule has 0 heterocycles. The maximum absolute atomic E-state index is 12.3. The SMILES string of the molecule is CC(OC(=O)COc1ccc(Nc2ccccc2)cc1)C(=O)NC1CCCCC1C. The van der Waals surface area contributed by atoms with Crippen molar-refractivity contribution in [3.63, 3.8) is 0 Å². The number of para-hydroxylation sites is 1. The van der Waals surface area contributed by atoms with E-state index in [1.807, 2.05) is 42.5 Å². The highest BCUT2D eigenvalue weighted by atomic mass is 16.6. The molecule has 1 amide bonds. The molecule has 2 N–H and O–H groups in total. The van der Waals surface area contributed by atoms with Crippen LogP contribution in [0.1, 0.15) is 39.5 Å². The molecule has 0 spiro atoms. The Bertz CT molecular complexity index is 823. The van der Waals surface area contributed by atoms with Crippen molar-refractivity contribution in [3.05, 3.63) is 54.6 Å². The summed E-state index contributed by atoms with van der Waals surface area (Å²) >= 11 is 0. The fourth-order valence-electron chi connectivity index (χ4n) is 3.58. The summed E-state index contributed by atoms with van der Waals surface area (Å²) in [6.45, 7) is 3.49. The predicted octanol–water partition coefficient (Wildman–Crippen LogP) is 4.44. The molecule has 0 radical (unpaired) electrons. The Morgan fingerprint density at radius 2 is 1.67 bits per heavy atom. The molecule has 30 heavy (non-hydrogen) atoms. The van der Waals surface area contributed by atoms with Gasteiger partial charge in [-0.05, 0) is 62.1 Å². The number of rotatable bonds is 8. The van der Waals surface area contributed by atoms with Gasteiger partial charge >= 0.3 is 5.97 Å². The van der Waals surface area contributed by atoms with Crippen molar-refractivity contribution >= 4 is 23.3 Å². The molecule has 1 saturated carbocycles. The van der Waals surface area contributed by atoms with E-state index in [1.54, 1.807) is 19.1 Å². The van der Waals surface area contributed by atoms with E-state index in [0.717, 1.165) is 30.6 Å². The van der Waals surface area contributed by atoms with Gasteiger partial charge in [-0.15, -0.1) is 0 Å². The van der Waals surface area contributed by atoms with E-state index in [0.29, 0.717) is 11.7 Å². The molecule has 2 aromatic rings. The van der Waals surface area contributed by atoms with Gasteiger partial charge in [0, 0.05) is 17.4 Å². The van der Waals surface area contributed by atoms with Crippen molar-refractivity contribution in [1.29, 1.82) is 0 Å². The zero-order valence-corrected chi connectivity index (χ0v) is 17.6. The first-order valence-electron chi connectivity index (χ1n) is 10.6. The second-order valence-electron chi connectivity index (χ2n) is 7.81. The predicted molar refractivity (Wildman–Crippen MR) is 117 cm³/mol. The number of esters is 1. The van der Waals surface area contributed by atoms with E-state index in [9.17, 15) is 9.59 Å². The molecule has 0 saturated heterocycles. The first-order valence-corrected chi connectivity index (χ1v) is 10.6. The van der Waals surface area contributed by atoms with Gasteiger partial charge in [0.2, 0.25) is 0 Å². The number of nitrogens with one attached hydrogen (secondary N) is 2. The second kappa shape index (κ2) is 10.7. The van der Waals surface area contributed by atoms with Gasteiger partial charge in [-0.1, -0.05) is 38.0 Å². The van der Waals surface area contributed by atoms with Gasteiger partial charge in [0.1, 0.15) is 5.75 Å². The third-order valence-electron chi connectivity index (χ3n) is 5.39. The van der Waals surface area contributed by atoms with Gasteiger partial charge in [-0.25, -0.2) is 4.79 Å². The van der Waals surface area contributed by atoms with Crippen molar-refractivity contribution in [2.24, 2.45) is 5.92 Å². The van der Waals surface area contributed by atoms with Crippen molar-refractivity contribution in [2.45, 2.75) is 51.7 Å². The highest BCUT2D eigenvalue weighted by molar-refractivity contribution is 5.84. The van der Waals surface area contributed by atoms with Crippen LogP contribution in [0.2, 0.25) is 0 Å². The molecule has 2 aromatic carbocycles. The first-order chi connectivity index (χ1) is 14.5. The number of benzene rings is 2. The summed E-state index contributed by atoms with van der Waals surface area (Å²) in [5.74, 6) is 0.186. The summed E-state index contributed by atoms with van der Waals surface area (Å²) in [6, 6.07) is 17.3. The Kier molecular flexibility index (Phi) is 7.71. The lowest BCUT2D eigenvalue weighted by Crippen LogP contribution is -2.46. The van der Waals surface area contributed by atoms with Crippen LogP contribution in [0.4, 0.5) is 11.4 Å². The zero-order chi connectivity index (χ0) is 21.3.